The second kappa shape index (κ2) is 4.51. The zero-order valence-electron chi connectivity index (χ0n) is 9.36. The summed E-state index contributed by atoms with van der Waals surface area (Å²) in [6.07, 6.45) is 2.03. The first kappa shape index (κ1) is 11.8. The van der Waals surface area contributed by atoms with Crippen molar-refractivity contribution in [3.8, 4) is 0 Å². The fourth-order valence-corrected chi connectivity index (χ4v) is 1.38. The van der Waals surface area contributed by atoms with Crippen LogP contribution in [0.5, 0.6) is 0 Å². The van der Waals surface area contributed by atoms with Crippen LogP contribution in [-0.2, 0) is 4.79 Å². The highest BCUT2D eigenvalue weighted by atomic mass is 16.4. The van der Waals surface area contributed by atoms with Crippen molar-refractivity contribution in [2.24, 2.45) is 5.92 Å². The van der Waals surface area contributed by atoms with Gasteiger partial charge in [0.25, 0.3) is 0 Å². The van der Waals surface area contributed by atoms with Crippen molar-refractivity contribution >= 4 is 12.0 Å². The average Bonchev–Trinajstić information content (AvgIpc) is 2.94. The number of aliphatic carboxylic acids is 1. The summed E-state index contributed by atoms with van der Waals surface area (Å²) in [4.78, 5) is 24.0. The molecule has 0 aromatic rings. The Bertz CT molecular complexity index is 261. The summed E-state index contributed by atoms with van der Waals surface area (Å²) < 4.78 is 0. The quantitative estimate of drug-likeness (QED) is 0.730. The van der Waals surface area contributed by atoms with Crippen molar-refractivity contribution in [1.29, 1.82) is 0 Å². The topological polar surface area (TPSA) is 69.6 Å². The standard InChI is InChI=1S/C10H18N2O3/c1-6(2)8(9(13)14)11-10(15)12(3)7-4-5-7/h6-8H,4-5H2,1-3H3,(H,11,15)(H,13,14). The predicted molar refractivity (Wildman–Crippen MR) is 55.6 cm³/mol. The van der Waals surface area contributed by atoms with Gasteiger partial charge in [0.1, 0.15) is 6.04 Å². The molecule has 1 fully saturated rings. The number of carboxylic acid groups (broad SMARTS) is 1. The van der Waals surface area contributed by atoms with Crippen molar-refractivity contribution in [1.82, 2.24) is 10.2 Å². The van der Waals surface area contributed by atoms with E-state index in [1.54, 1.807) is 25.8 Å². The van der Waals surface area contributed by atoms with Gasteiger partial charge in [0, 0.05) is 13.1 Å². The second-order valence-corrected chi connectivity index (χ2v) is 4.35. The van der Waals surface area contributed by atoms with Crippen molar-refractivity contribution in [3.05, 3.63) is 0 Å². The Hall–Kier alpha value is -1.26. The summed E-state index contributed by atoms with van der Waals surface area (Å²) in [7, 11) is 1.70. The fourth-order valence-electron chi connectivity index (χ4n) is 1.38. The van der Waals surface area contributed by atoms with Gasteiger partial charge in [0.15, 0.2) is 0 Å². The number of nitrogens with one attached hydrogen (secondary N) is 1. The van der Waals surface area contributed by atoms with Gasteiger partial charge in [-0.15, -0.1) is 0 Å². The average molecular weight is 214 g/mol. The van der Waals surface area contributed by atoms with E-state index in [2.05, 4.69) is 5.32 Å². The Morgan fingerprint density at radius 1 is 1.40 bits per heavy atom. The van der Waals surface area contributed by atoms with Gasteiger partial charge in [-0.3, -0.25) is 0 Å². The minimum Gasteiger partial charge on any atom is -0.480 e. The molecule has 2 N–H and O–H groups in total. The smallest absolute Gasteiger partial charge is 0.326 e. The van der Waals surface area contributed by atoms with E-state index >= 15 is 0 Å². The van der Waals surface area contributed by atoms with E-state index in [1.165, 1.54) is 0 Å². The van der Waals surface area contributed by atoms with E-state index < -0.39 is 12.0 Å². The van der Waals surface area contributed by atoms with E-state index in [-0.39, 0.29) is 11.9 Å². The minimum absolute atomic E-state index is 0.112. The molecule has 0 saturated heterocycles. The molecule has 0 spiro atoms. The van der Waals surface area contributed by atoms with Crippen molar-refractivity contribution in [2.75, 3.05) is 7.05 Å². The maximum Gasteiger partial charge on any atom is 0.326 e. The van der Waals surface area contributed by atoms with Gasteiger partial charge in [-0.1, -0.05) is 13.8 Å². The molecular formula is C10H18N2O3. The van der Waals surface area contributed by atoms with Crippen LogP contribution in [0.25, 0.3) is 0 Å². The Morgan fingerprint density at radius 3 is 2.27 bits per heavy atom. The highest BCUT2D eigenvalue weighted by Crippen LogP contribution is 2.25. The lowest BCUT2D eigenvalue weighted by Gasteiger charge is -2.23. The van der Waals surface area contributed by atoms with Gasteiger partial charge in [0.2, 0.25) is 0 Å². The zero-order valence-corrected chi connectivity index (χ0v) is 9.36. The second-order valence-electron chi connectivity index (χ2n) is 4.35. The molecule has 15 heavy (non-hydrogen) atoms. The van der Waals surface area contributed by atoms with Crippen LogP contribution in [0.15, 0.2) is 0 Å². The van der Waals surface area contributed by atoms with Crippen LogP contribution < -0.4 is 5.32 Å². The number of hydrogen-bond acceptors (Lipinski definition) is 2. The highest BCUT2D eigenvalue weighted by Gasteiger charge is 2.32. The number of carboxylic acids is 1. The maximum atomic E-state index is 11.6. The number of carbonyl (C=O) groups is 2. The number of rotatable bonds is 4. The van der Waals surface area contributed by atoms with Gasteiger partial charge >= 0.3 is 12.0 Å². The molecule has 0 aliphatic heterocycles. The number of amides is 2. The van der Waals surface area contributed by atoms with Gasteiger partial charge < -0.3 is 15.3 Å². The summed E-state index contributed by atoms with van der Waals surface area (Å²) in [6.45, 7) is 3.55. The lowest BCUT2D eigenvalue weighted by Crippen LogP contribution is -2.49. The SMILES string of the molecule is CC(C)C(NC(=O)N(C)C1CC1)C(=O)O. The normalized spacial score (nSPS) is 17.3. The summed E-state index contributed by atoms with van der Waals surface area (Å²) in [5, 5.41) is 11.4. The molecule has 1 atom stereocenters. The monoisotopic (exact) mass is 214 g/mol. The maximum absolute atomic E-state index is 11.6. The molecule has 1 saturated carbocycles. The third-order valence-corrected chi connectivity index (χ3v) is 2.63. The number of carbonyl (C=O) groups excluding carboxylic acids is 1. The molecule has 1 unspecified atom stereocenters. The lowest BCUT2D eigenvalue weighted by molar-refractivity contribution is -0.140. The van der Waals surface area contributed by atoms with Gasteiger partial charge in [-0.05, 0) is 18.8 Å². The largest absolute Gasteiger partial charge is 0.480 e. The Kier molecular flexibility index (Phi) is 3.55. The van der Waals surface area contributed by atoms with Crippen LogP contribution in [0, 0.1) is 5.92 Å². The number of urea groups is 1. The molecule has 2 amide bonds. The van der Waals surface area contributed by atoms with Gasteiger partial charge in [-0.25, -0.2) is 9.59 Å². The van der Waals surface area contributed by atoms with Crippen molar-refractivity contribution < 1.29 is 14.7 Å². The molecular weight excluding hydrogens is 196 g/mol. The summed E-state index contributed by atoms with van der Waals surface area (Å²) in [5.74, 6) is -1.10. The summed E-state index contributed by atoms with van der Waals surface area (Å²) in [5.41, 5.74) is 0. The Labute approximate surface area is 89.4 Å². The minimum atomic E-state index is -0.984. The van der Waals surface area contributed by atoms with E-state index in [4.69, 9.17) is 5.11 Å². The molecule has 0 heterocycles. The molecule has 5 heteroatoms. The van der Waals surface area contributed by atoms with Crippen LogP contribution in [-0.4, -0.2) is 41.1 Å². The molecule has 0 aromatic carbocycles. The molecule has 0 radical (unpaired) electrons. The fraction of sp³-hybridized carbons (Fsp3) is 0.800. The van der Waals surface area contributed by atoms with Crippen LogP contribution in [0.1, 0.15) is 26.7 Å². The third-order valence-electron chi connectivity index (χ3n) is 2.63. The number of hydrogen-bond donors (Lipinski definition) is 2. The van der Waals surface area contributed by atoms with Crippen LogP contribution in [0.2, 0.25) is 0 Å². The molecule has 0 aromatic heterocycles. The Balaban J connectivity index is 2.49. The van der Waals surface area contributed by atoms with Gasteiger partial charge in [0.05, 0.1) is 0 Å². The zero-order chi connectivity index (χ0) is 11.6. The predicted octanol–water partition coefficient (Wildman–Crippen LogP) is 0.899. The van der Waals surface area contributed by atoms with Crippen LogP contribution in [0.3, 0.4) is 0 Å². The lowest BCUT2D eigenvalue weighted by atomic mass is 10.1. The molecule has 0 bridgehead atoms. The van der Waals surface area contributed by atoms with Crippen LogP contribution >= 0.6 is 0 Å². The first-order chi connectivity index (χ1) is 6.93. The molecule has 1 aliphatic rings. The van der Waals surface area contributed by atoms with E-state index in [1.807, 2.05) is 0 Å². The van der Waals surface area contributed by atoms with E-state index in [0.29, 0.717) is 6.04 Å². The number of nitrogens with zero attached hydrogens (tertiary/aromatic N) is 1. The van der Waals surface area contributed by atoms with E-state index in [0.717, 1.165) is 12.8 Å². The summed E-state index contributed by atoms with van der Waals surface area (Å²) >= 11 is 0. The third kappa shape index (κ3) is 3.11. The molecule has 86 valence electrons. The molecule has 1 rings (SSSR count). The molecule has 1 aliphatic carbocycles. The van der Waals surface area contributed by atoms with Crippen LogP contribution in [0.4, 0.5) is 4.79 Å². The first-order valence-electron chi connectivity index (χ1n) is 5.19. The first-order valence-corrected chi connectivity index (χ1v) is 5.19. The molecule has 5 nitrogen and oxygen atoms in total. The van der Waals surface area contributed by atoms with E-state index in [9.17, 15) is 9.59 Å². The van der Waals surface area contributed by atoms with Crippen molar-refractivity contribution in [3.63, 3.8) is 0 Å². The summed E-state index contributed by atoms with van der Waals surface area (Å²) in [6, 6.07) is -0.802. The van der Waals surface area contributed by atoms with Gasteiger partial charge in [-0.2, -0.15) is 0 Å². The highest BCUT2D eigenvalue weighted by molar-refractivity contribution is 5.82. The van der Waals surface area contributed by atoms with Crippen molar-refractivity contribution in [2.45, 2.75) is 38.8 Å². The Morgan fingerprint density at radius 2 is 1.93 bits per heavy atom.